The average Bonchev–Trinajstić information content (AvgIpc) is 2.94. The first-order chi connectivity index (χ1) is 18.3. The van der Waals surface area contributed by atoms with Crippen molar-refractivity contribution >= 4 is 17.9 Å². The van der Waals surface area contributed by atoms with Gasteiger partial charge in [0.25, 0.3) is 0 Å². The van der Waals surface area contributed by atoms with Crippen molar-refractivity contribution in [2.24, 2.45) is 0 Å². The number of carbonyl (C=O) groups excluding carboxylic acids is 3. The SMILES string of the molecule is CCC(=O)Oc1ccc2cc1-c1cc(c(OC(=O)CC)c(OC)c1OC)CCCCC(OC(=O)CC)CC2. The molecule has 1 aliphatic carbocycles. The Kier molecular flexibility index (Phi) is 10.6. The summed E-state index contributed by atoms with van der Waals surface area (Å²) in [6.07, 6.45) is 4.84. The molecule has 8 nitrogen and oxygen atoms in total. The van der Waals surface area contributed by atoms with Gasteiger partial charge in [-0.2, -0.15) is 0 Å². The normalized spacial score (nSPS) is 15.2. The van der Waals surface area contributed by atoms with Crippen LogP contribution < -0.4 is 18.9 Å². The molecule has 206 valence electrons. The number of aryl methyl sites for hydroxylation is 2. The molecule has 38 heavy (non-hydrogen) atoms. The smallest absolute Gasteiger partial charge is 0.311 e. The van der Waals surface area contributed by atoms with E-state index >= 15 is 0 Å². The molecule has 1 aliphatic rings. The van der Waals surface area contributed by atoms with Gasteiger partial charge in [0.2, 0.25) is 5.75 Å². The Morgan fingerprint density at radius 3 is 2.08 bits per heavy atom. The van der Waals surface area contributed by atoms with E-state index in [0.717, 1.165) is 30.4 Å². The standard InChI is InChI=1S/C30H38O8/c1-6-25(31)36-21-12-10-9-11-20-18-23(29(34-4)30(35-5)28(20)38-27(33)8-3)22-17-19(13-15-21)14-16-24(22)37-26(32)7-2/h14,16-18,21H,6-13,15H2,1-5H3. The minimum absolute atomic E-state index is 0.200. The third-order valence-electron chi connectivity index (χ3n) is 6.59. The van der Waals surface area contributed by atoms with Crippen LogP contribution >= 0.6 is 0 Å². The molecule has 0 amide bonds. The summed E-state index contributed by atoms with van der Waals surface area (Å²) in [5.74, 6) is 0.458. The maximum atomic E-state index is 12.3. The minimum Gasteiger partial charge on any atom is -0.492 e. The van der Waals surface area contributed by atoms with Crippen LogP contribution in [0.3, 0.4) is 0 Å². The summed E-state index contributed by atoms with van der Waals surface area (Å²) in [6, 6.07) is 7.59. The predicted molar refractivity (Wildman–Crippen MR) is 143 cm³/mol. The number of rotatable bonds is 8. The largest absolute Gasteiger partial charge is 0.492 e. The first-order valence-electron chi connectivity index (χ1n) is 13.4. The molecule has 0 fully saturated rings. The van der Waals surface area contributed by atoms with Gasteiger partial charge in [-0.05, 0) is 67.9 Å². The molecule has 4 bridgehead atoms. The van der Waals surface area contributed by atoms with Gasteiger partial charge in [0.15, 0.2) is 11.5 Å². The molecular formula is C30H38O8. The molecular weight excluding hydrogens is 488 g/mol. The van der Waals surface area contributed by atoms with Crippen LogP contribution in [0.5, 0.6) is 23.0 Å². The first-order valence-corrected chi connectivity index (χ1v) is 13.4. The fourth-order valence-electron chi connectivity index (χ4n) is 4.52. The Hall–Kier alpha value is -3.55. The molecule has 0 saturated carbocycles. The second-order valence-electron chi connectivity index (χ2n) is 9.21. The van der Waals surface area contributed by atoms with Crippen LogP contribution in [0.25, 0.3) is 11.1 Å². The summed E-state index contributed by atoms with van der Waals surface area (Å²) in [5.41, 5.74) is 3.11. The highest BCUT2D eigenvalue weighted by Gasteiger charge is 2.26. The van der Waals surface area contributed by atoms with Crippen molar-refractivity contribution in [1.82, 2.24) is 0 Å². The van der Waals surface area contributed by atoms with Crippen molar-refractivity contribution in [1.29, 1.82) is 0 Å². The number of benzene rings is 2. The fourth-order valence-corrected chi connectivity index (χ4v) is 4.52. The quantitative estimate of drug-likeness (QED) is 0.306. The molecule has 0 aromatic heterocycles. The second-order valence-corrected chi connectivity index (χ2v) is 9.21. The van der Waals surface area contributed by atoms with Crippen LogP contribution in [-0.2, 0) is 32.0 Å². The average molecular weight is 527 g/mol. The zero-order valence-electron chi connectivity index (χ0n) is 23.0. The van der Waals surface area contributed by atoms with Gasteiger partial charge in [-0.25, -0.2) is 0 Å². The van der Waals surface area contributed by atoms with Gasteiger partial charge in [0.1, 0.15) is 11.9 Å². The Labute approximate surface area is 224 Å². The lowest BCUT2D eigenvalue weighted by atomic mass is 9.95. The topological polar surface area (TPSA) is 97.4 Å². The van der Waals surface area contributed by atoms with Crippen LogP contribution in [0, 0.1) is 0 Å². The van der Waals surface area contributed by atoms with Crippen molar-refractivity contribution in [2.45, 2.75) is 84.7 Å². The molecule has 0 spiro atoms. The summed E-state index contributed by atoms with van der Waals surface area (Å²) in [5, 5.41) is 0. The summed E-state index contributed by atoms with van der Waals surface area (Å²) < 4.78 is 28.7. The zero-order chi connectivity index (χ0) is 27.7. The molecule has 1 unspecified atom stereocenters. The van der Waals surface area contributed by atoms with Gasteiger partial charge in [-0.3, -0.25) is 14.4 Å². The van der Waals surface area contributed by atoms with E-state index in [4.69, 9.17) is 23.7 Å². The maximum absolute atomic E-state index is 12.3. The Bertz CT molecular complexity index is 1150. The van der Waals surface area contributed by atoms with Crippen molar-refractivity contribution in [3.63, 3.8) is 0 Å². The highest BCUT2D eigenvalue weighted by Crippen LogP contribution is 2.49. The van der Waals surface area contributed by atoms with Crippen LogP contribution in [0.15, 0.2) is 24.3 Å². The van der Waals surface area contributed by atoms with Crippen LogP contribution in [0.2, 0.25) is 0 Å². The molecule has 2 aromatic rings. The first kappa shape index (κ1) is 29.0. The fraction of sp³-hybridized carbons (Fsp3) is 0.500. The van der Waals surface area contributed by atoms with E-state index in [1.165, 1.54) is 14.2 Å². The van der Waals surface area contributed by atoms with Crippen LogP contribution in [0.1, 0.15) is 76.8 Å². The van der Waals surface area contributed by atoms with Crippen LogP contribution in [-0.4, -0.2) is 38.2 Å². The molecule has 0 aliphatic heterocycles. The number of carbonyl (C=O) groups is 3. The molecule has 0 radical (unpaired) electrons. The monoisotopic (exact) mass is 526 g/mol. The van der Waals surface area contributed by atoms with E-state index < -0.39 is 0 Å². The predicted octanol–water partition coefficient (Wildman–Crippen LogP) is 5.98. The van der Waals surface area contributed by atoms with Crippen molar-refractivity contribution in [2.75, 3.05) is 14.2 Å². The summed E-state index contributed by atoms with van der Waals surface area (Å²) in [6.45, 7) is 5.26. The van der Waals surface area contributed by atoms with E-state index in [2.05, 4.69) is 0 Å². The molecule has 2 aromatic carbocycles. The number of fused-ring (bicyclic) bond motifs is 5. The number of ether oxygens (including phenoxy) is 5. The zero-order valence-corrected chi connectivity index (χ0v) is 23.0. The van der Waals surface area contributed by atoms with Crippen molar-refractivity contribution in [3.05, 3.63) is 35.4 Å². The Balaban J connectivity index is 2.22. The van der Waals surface area contributed by atoms with E-state index in [-0.39, 0.29) is 36.9 Å². The molecule has 3 rings (SSSR count). The minimum atomic E-state index is -0.386. The van der Waals surface area contributed by atoms with Gasteiger partial charge in [-0.15, -0.1) is 0 Å². The molecule has 1 atom stereocenters. The Morgan fingerprint density at radius 2 is 1.42 bits per heavy atom. The molecule has 0 heterocycles. The third-order valence-corrected chi connectivity index (χ3v) is 6.59. The molecule has 0 N–H and O–H groups in total. The lowest BCUT2D eigenvalue weighted by Gasteiger charge is -2.21. The van der Waals surface area contributed by atoms with Gasteiger partial charge in [-0.1, -0.05) is 26.8 Å². The van der Waals surface area contributed by atoms with E-state index in [9.17, 15) is 14.4 Å². The number of methoxy groups -OCH3 is 2. The van der Waals surface area contributed by atoms with Crippen molar-refractivity contribution < 1.29 is 38.1 Å². The van der Waals surface area contributed by atoms with Gasteiger partial charge in [0, 0.05) is 30.4 Å². The highest BCUT2D eigenvalue weighted by atomic mass is 16.6. The van der Waals surface area contributed by atoms with E-state index in [0.29, 0.717) is 59.8 Å². The summed E-state index contributed by atoms with van der Waals surface area (Å²) in [4.78, 5) is 36.7. The second kappa shape index (κ2) is 13.8. The summed E-state index contributed by atoms with van der Waals surface area (Å²) >= 11 is 0. The van der Waals surface area contributed by atoms with Crippen LogP contribution in [0.4, 0.5) is 0 Å². The Morgan fingerprint density at radius 1 is 0.737 bits per heavy atom. The van der Waals surface area contributed by atoms with Gasteiger partial charge < -0.3 is 23.7 Å². The lowest BCUT2D eigenvalue weighted by molar-refractivity contribution is -0.149. The third kappa shape index (κ3) is 7.05. The maximum Gasteiger partial charge on any atom is 0.311 e. The number of hydrogen-bond donors (Lipinski definition) is 0. The highest BCUT2D eigenvalue weighted by molar-refractivity contribution is 5.85. The number of hydrogen-bond acceptors (Lipinski definition) is 8. The molecule has 0 saturated heterocycles. The summed E-state index contributed by atoms with van der Waals surface area (Å²) in [7, 11) is 3.03. The number of esters is 3. The van der Waals surface area contributed by atoms with E-state index in [1.807, 2.05) is 18.2 Å². The van der Waals surface area contributed by atoms with Gasteiger partial charge >= 0.3 is 17.9 Å². The van der Waals surface area contributed by atoms with Gasteiger partial charge in [0.05, 0.1) is 14.2 Å². The lowest BCUT2D eigenvalue weighted by Crippen LogP contribution is -2.18. The van der Waals surface area contributed by atoms with Crippen molar-refractivity contribution in [3.8, 4) is 34.1 Å². The van der Waals surface area contributed by atoms with E-state index in [1.54, 1.807) is 26.8 Å². The molecule has 8 heteroatoms.